The van der Waals surface area contributed by atoms with E-state index in [1.165, 1.54) is 11.6 Å². The van der Waals surface area contributed by atoms with E-state index in [1.54, 1.807) is 24.3 Å². The number of ether oxygens (including phenoxy) is 1. The molecule has 0 radical (unpaired) electrons. The standard InChI is InChI=1S/C16H9N7O2S/c1-25-9-4-2-8(3-5-9)12-10(6-17)13-19-15-20-21-16(26)23(15)22(13)14(24)11(12)7-18/h2-5H,1H3,(H,19,20)(H,21,26). The van der Waals surface area contributed by atoms with Crippen molar-refractivity contribution in [3.8, 4) is 29.0 Å². The lowest BCUT2D eigenvalue weighted by atomic mass is 9.97. The topological polar surface area (TPSA) is 127 Å². The number of hydrogen-bond acceptors (Lipinski definition) is 6. The van der Waals surface area contributed by atoms with Gasteiger partial charge in [-0.3, -0.25) is 15.0 Å². The van der Waals surface area contributed by atoms with E-state index in [0.717, 1.165) is 4.52 Å². The van der Waals surface area contributed by atoms with Crippen LogP contribution in [0.5, 0.6) is 5.75 Å². The molecule has 3 heterocycles. The monoisotopic (exact) mass is 363 g/mol. The molecule has 0 spiro atoms. The fraction of sp³-hybridized carbons (Fsp3) is 0.0625. The van der Waals surface area contributed by atoms with Gasteiger partial charge in [-0.1, -0.05) is 12.1 Å². The van der Waals surface area contributed by atoms with Crippen molar-refractivity contribution >= 4 is 23.6 Å². The summed E-state index contributed by atoms with van der Waals surface area (Å²) in [6.45, 7) is 0. The number of H-pyrrole nitrogens is 2. The Hall–Kier alpha value is -3.89. The Morgan fingerprint density at radius 1 is 1.12 bits per heavy atom. The Labute approximate surface area is 150 Å². The molecule has 26 heavy (non-hydrogen) atoms. The Morgan fingerprint density at radius 2 is 1.81 bits per heavy atom. The molecule has 1 aromatic carbocycles. The van der Waals surface area contributed by atoms with E-state index in [-0.39, 0.29) is 32.9 Å². The summed E-state index contributed by atoms with van der Waals surface area (Å²) < 4.78 is 7.75. The lowest BCUT2D eigenvalue weighted by molar-refractivity contribution is 0.415. The first kappa shape index (κ1) is 15.6. The van der Waals surface area contributed by atoms with Gasteiger partial charge in [-0.25, -0.2) is 0 Å². The van der Waals surface area contributed by atoms with Gasteiger partial charge in [0.1, 0.15) is 29.0 Å². The molecule has 0 aliphatic carbocycles. The van der Waals surface area contributed by atoms with Gasteiger partial charge in [-0.05, 0) is 29.9 Å². The maximum Gasteiger partial charge on any atom is 0.290 e. The van der Waals surface area contributed by atoms with Gasteiger partial charge in [0, 0.05) is 5.56 Å². The van der Waals surface area contributed by atoms with Crippen LogP contribution in [0.1, 0.15) is 11.1 Å². The van der Waals surface area contributed by atoms with E-state index in [9.17, 15) is 15.3 Å². The van der Waals surface area contributed by atoms with Crippen molar-refractivity contribution in [2.24, 2.45) is 0 Å². The number of benzene rings is 1. The highest BCUT2D eigenvalue weighted by Gasteiger charge is 2.23. The second-order valence-corrected chi connectivity index (χ2v) is 5.71. The first-order chi connectivity index (χ1) is 12.6. The quantitative estimate of drug-likeness (QED) is 0.522. The summed E-state index contributed by atoms with van der Waals surface area (Å²) >= 11 is 5.14. The average molecular weight is 363 g/mol. The number of aromatic amines is 2. The van der Waals surface area contributed by atoms with Crippen molar-refractivity contribution < 1.29 is 4.74 Å². The largest absolute Gasteiger partial charge is 0.497 e. The van der Waals surface area contributed by atoms with Crippen molar-refractivity contribution in [1.29, 1.82) is 10.5 Å². The summed E-state index contributed by atoms with van der Waals surface area (Å²) in [5.41, 5.74) is 0.227. The smallest absolute Gasteiger partial charge is 0.290 e. The number of fused-ring (bicyclic) bond motifs is 3. The van der Waals surface area contributed by atoms with Crippen molar-refractivity contribution in [2.75, 3.05) is 7.11 Å². The van der Waals surface area contributed by atoms with Gasteiger partial charge in [-0.15, -0.1) is 0 Å². The van der Waals surface area contributed by atoms with Gasteiger partial charge in [0.15, 0.2) is 5.65 Å². The molecule has 0 atom stereocenters. The van der Waals surface area contributed by atoms with Crippen molar-refractivity contribution in [3.05, 3.63) is 50.5 Å². The Bertz CT molecular complexity index is 1370. The van der Waals surface area contributed by atoms with E-state index in [1.807, 2.05) is 6.07 Å². The van der Waals surface area contributed by atoms with Gasteiger partial charge in [0.25, 0.3) is 5.56 Å². The summed E-state index contributed by atoms with van der Waals surface area (Å²) in [4.78, 5) is 17.2. The van der Waals surface area contributed by atoms with Crippen LogP contribution in [0.3, 0.4) is 0 Å². The van der Waals surface area contributed by atoms with Crippen LogP contribution in [-0.4, -0.2) is 31.3 Å². The minimum Gasteiger partial charge on any atom is -0.497 e. The van der Waals surface area contributed by atoms with Crippen LogP contribution in [-0.2, 0) is 0 Å². The third-order valence-electron chi connectivity index (χ3n) is 4.02. The minimum absolute atomic E-state index is 0.109. The third kappa shape index (κ3) is 1.97. The number of pyridine rings is 1. The molecule has 2 N–H and O–H groups in total. The van der Waals surface area contributed by atoms with Crippen molar-refractivity contribution in [3.63, 3.8) is 0 Å². The van der Waals surface area contributed by atoms with E-state index >= 15 is 0 Å². The molecule has 0 unspecified atom stereocenters. The van der Waals surface area contributed by atoms with Crippen LogP contribution in [0.2, 0.25) is 0 Å². The van der Waals surface area contributed by atoms with Crippen LogP contribution in [0.25, 0.3) is 22.6 Å². The van der Waals surface area contributed by atoms with E-state index in [4.69, 9.17) is 17.0 Å². The van der Waals surface area contributed by atoms with Crippen LogP contribution >= 0.6 is 12.2 Å². The highest BCUT2D eigenvalue weighted by Crippen LogP contribution is 2.29. The molecule has 4 aromatic rings. The van der Waals surface area contributed by atoms with Crippen molar-refractivity contribution in [2.45, 2.75) is 0 Å². The van der Waals surface area contributed by atoms with Crippen molar-refractivity contribution in [1.82, 2.24) is 24.2 Å². The number of hydrogen-bond donors (Lipinski definition) is 2. The van der Waals surface area contributed by atoms with Gasteiger partial charge in [-0.2, -0.15) is 24.5 Å². The molecule has 0 saturated heterocycles. The lowest BCUT2D eigenvalue weighted by Crippen LogP contribution is -2.22. The highest BCUT2D eigenvalue weighted by molar-refractivity contribution is 7.71. The summed E-state index contributed by atoms with van der Waals surface area (Å²) in [5.74, 6) is 0.879. The Morgan fingerprint density at radius 3 is 2.42 bits per heavy atom. The predicted molar refractivity (Wildman–Crippen MR) is 93.4 cm³/mol. The van der Waals surface area contributed by atoms with Crippen LogP contribution in [0, 0.1) is 27.4 Å². The van der Waals surface area contributed by atoms with E-state index in [0.29, 0.717) is 11.3 Å². The second-order valence-electron chi connectivity index (χ2n) is 5.32. The molecule has 0 bridgehead atoms. The van der Waals surface area contributed by atoms with Gasteiger partial charge in [0.2, 0.25) is 10.5 Å². The number of nitrogens with zero attached hydrogens (tertiary/aromatic N) is 5. The molecule has 126 valence electrons. The molecule has 0 fully saturated rings. The van der Waals surface area contributed by atoms with E-state index < -0.39 is 5.56 Å². The Balaban J connectivity index is 2.22. The fourth-order valence-electron chi connectivity index (χ4n) is 2.87. The molecule has 9 nitrogen and oxygen atoms in total. The van der Waals surface area contributed by atoms with Crippen LogP contribution in [0.4, 0.5) is 0 Å². The van der Waals surface area contributed by atoms with Crippen LogP contribution in [0.15, 0.2) is 29.1 Å². The zero-order chi connectivity index (χ0) is 18.4. The molecule has 4 rings (SSSR count). The SMILES string of the molecule is COc1ccc(-c2c(C#N)c(=O)n3c(nc4[nH][nH]c(=S)n43)c2C#N)cc1. The second kappa shape index (κ2) is 5.58. The number of aromatic nitrogens is 5. The molecule has 3 aromatic heterocycles. The minimum atomic E-state index is -0.612. The number of rotatable bonds is 2. The maximum absolute atomic E-state index is 12.9. The van der Waals surface area contributed by atoms with Gasteiger partial charge >= 0.3 is 0 Å². The first-order valence-electron chi connectivity index (χ1n) is 7.33. The van der Waals surface area contributed by atoms with Gasteiger partial charge in [0.05, 0.1) is 7.11 Å². The Kier molecular flexibility index (Phi) is 3.35. The number of methoxy groups -OCH3 is 1. The zero-order valence-electron chi connectivity index (χ0n) is 13.3. The zero-order valence-corrected chi connectivity index (χ0v) is 14.1. The molecular formula is C16H9N7O2S. The maximum atomic E-state index is 12.9. The highest BCUT2D eigenvalue weighted by atomic mass is 32.1. The molecule has 0 saturated carbocycles. The molecule has 0 amide bonds. The molecular weight excluding hydrogens is 354 g/mol. The molecule has 0 aliphatic heterocycles. The summed E-state index contributed by atoms with van der Waals surface area (Å²) in [7, 11) is 1.53. The first-order valence-corrected chi connectivity index (χ1v) is 7.74. The number of nitrogens with one attached hydrogen (secondary N) is 2. The summed E-state index contributed by atoms with van der Waals surface area (Å²) in [6.07, 6.45) is 0. The predicted octanol–water partition coefficient (Wildman–Crippen LogP) is 1.75. The number of nitriles is 2. The fourth-order valence-corrected chi connectivity index (χ4v) is 3.09. The van der Waals surface area contributed by atoms with Gasteiger partial charge < -0.3 is 4.74 Å². The molecule has 0 aliphatic rings. The summed E-state index contributed by atoms with van der Waals surface area (Å²) in [6, 6.07) is 10.7. The van der Waals surface area contributed by atoms with E-state index in [2.05, 4.69) is 21.3 Å². The normalized spacial score (nSPS) is 10.7. The third-order valence-corrected chi connectivity index (χ3v) is 4.29. The lowest BCUT2D eigenvalue weighted by Gasteiger charge is -2.09. The molecule has 10 heteroatoms. The summed E-state index contributed by atoms with van der Waals surface area (Å²) in [5, 5.41) is 24.7. The average Bonchev–Trinajstić information content (AvgIpc) is 3.21. The van der Waals surface area contributed by atoms with Crippen LogP contribution < -0.4 is 10.3 Å².